The first-order chi connectivity index (χ1) is 11.4. The van der Waals surface area contributed by atoms with Crippen molar-refractivity contribution in [3.05, 3.63) is 29.8 Å². The number of benzene rings is 1. The van der Waals surface area contributed by atoms with Gasteiger partial charge in [-0.25, -0.2) is 0 Å². The van der Waals surface area contributed by atoms with Gasteiger partial charge in [-0.2, -0.15) is 0 Å². The fourth-order valence-corrected chi connectivity index (χ4v) is 8.25. The number of amides is 1. The molecule has 5 fully saturated rings. The molecule has 24 heavy (non-hydrogen) atoms. The molecule has 1 aromatic carbocycles. The van der Waals surface area contributed by atoms with Crippen LogP contribution in [0.1, 0.15) is 38.2 Å². The number of nitrogens with zero attached hydrogens (tertiary/aromatic N) is 2. The van der Waals surface area contributed by atoms with Gasteiger partial charge in [0.25, 0.3) is 0 Å². The SMILES string of the molecule is C[C@@]12C(=O)S[C@]34C5C1c1ccccc1N5CC[C@@]3(C)CCN4C2=O. The van der Waals surface area contributed by atoms with E-state index in [-0.39, 0.29) is 33.3 Å². The van der Waals surface area contributed by atoms with E-state index in [0.717, 1.165) is 25.9 Å². The molecule has 0 N–H and O–H groups in total. The molecule has 2 unspecified atom stereocenters. The molecular weight excluding hydrogens is 320 g/mol. The van der Waals surface area contributed by atoms with Crippen molar-refractivity contribution in [2.45, 2.75) is 43.5 Å². The third-order valence-corrected chi connectivity index (χ3v) is 9.55. The van der Waals surface area contributed by atoms with Crippen LogP contribution in [-0.4, -0.2) is 39.9 Å². The van der Waals surface area contributed by atoms with Crippen LogP contribution in [-0.2, 0) is 9.59 Å². The number of hydrogen-bond acceptors (Lipinski definition) is 4. The molecule has 4 nitrogen and oxygen atoms in total. The minimum Gasteiger partial charge on any atom is -0.364 e. The summed E-state index contributed by atoms with van der Waals surface area (Å²) < 4.78 is 0. The monoisotopic (exact) mass is 340 g/mol. The van der Waals surface area contributed by atoms with Gasteiger partial charge in [0.1, 0.15) is 10.3 Å². The van der Waals surface area contributed by atoms with Crippen molar-refractivity contribution in [2.75, 3.05) is 18.0 Å². The summed E-state index contributed by atoms with van der Waals surface area (Å²) in [6.45, 7) is 6.05. The molecule has 5 atom stereocenters. The molecule has 5 saturated heterocycles. The lowest BCUT2D eigenvalue weighted by Gasteiger charge is -2.67. The molecule has 2 bridgehead atoms. The van der Waals surface area contributed by atoms with Crippen LogP contribution in [0.3, 0.4) is 0 Å². The highest BCUT2D eigenvalue weighted by Crippen LogP contribution is 2.74. The highest BCUT2D eigenvalue weighted by Gasteiger charge is 2.81. The second-order valence-electron chi connectivity index (χ2n) is 8.48. The van der Waals surface area contributed by atoms with E-state index in [2.05, 4.69) is 34.9 Å². The maximum Gasteiger partial charge on any atom is 0.238 e. The molecule has 124 valence electrons. The van der Waals surface area contributed by atoms with E-state index in [1.54, 1.807) is 0 Å². The van der Waals surface area contributed by atoms with Crippen molar-refractivity contribution in [3.8, 4) is 0 Å². The summed E-state index contributed by atoms with van der Waals surface area (Å²) >= 11 is 1.49. The zero-order valence-electron chi connectivity index (χ0n) is 13.9. The Morgan fingerprint density at radius 2 is 1.88 bits per heavy atom. The van der Waals surface area contributed by atoms with E-state index < -0.39 is 5.41 Å². The number of carbonyl (C=O) groups excluding carboxylic acids is 2. The van der Waals surface area contributed by atoms with Gasteiger partial charge in [0.2, 0.25) is 11.0 Å². The molecule has 0 aliphatic carbocycles. The Morgan fingerprint density at radius 1 is 1.12 bits per heavy atom. The standard InChI is InChI=1S/C19H20N2O2S/c1-17-7-9-20-12-6-4-3-5-11(12)13-14(20)19(17)21(10-8-17)15(22)18(13,2)16(23)24-19/h3-6,13-14H,7-10H2,1-2H3/t13?,14?,17-,18+,19+/m0/s1. The van der Waals surface area contributed by atoms with Gasteiger partial charge in [-0.3, -0.25) is 9.59 Å². The number of para-hydroxylation sites is 1. The third kappa shape index (κ3) is 1.07. The van der Waals surface area contributed by atoms with Gasteiger partial charge in [0.05, 0.1) is 6.04 Å². The Kier molecular flexibility index (Phi) is 2.12. The van der Waals surface area contributed by atoms with Crippen molar-refractivity contribution >= 4 is 28.5 Å². The van der Waals surface area contributed by atoms with Gasteiger partial charge >= 0.3 is 0 Å². The molecule has 6 aliphatic rings. The number of thioether (sulfide) groups is 1. The third-order valence-electron chi connectivity index (χ3n) is 7.67. The van der Waals surface area contributed by atoms with Crippen LogP contribution in [0.4, 0.5) is 5.69 Å². The zero-order valence-corrected chi connectivity index (χ0v) is 14.7. The summed E-state index contributed by atoms with van der Waals surface area (Å²) in [6, 6.07) is 8.68. The molecule has 5 heteroatoms. The van der Waals surface area contributed by atoms with Gasteiger partial charge in [-0.15, -0.1) is 0 Å². The molecule has 1 amide bonds. The molecule has 6 heterocycles. The van der Waals surface area contributed by atoms with Gasteiger partial charge in [-0.05, 0) is 31.4 Å². The zero-order chi connectivity index (χ0) is 16.5. The van der Waals surface area contributed by atoms with Gasteiger partial charge in [0.15, 0.2) is 0 Å². The van der Waals surface area contributed by atoms with Gasteiger partial charge in [0, 0.05) is 30.1 Å². The number of piperidine rings is 2. The topological polar surface area (TPSA) is 40.6 Å². The van der Waals surface area contributed by atoms with Crippen LogP contribution in [0.15, 0.2) is 24.3 Å². The van der Waals surface area contributed by atoms with Crippen molar-refractivity contribution in [2.24, 2.45) is 10.8 Å². The molecule has 7 rings (SSSR count). The van der Waals surface area contributed by atoms with Crippen molar-refractivity contribution in [1.82, 2.24) is 4.90 Å². The van der Waals surface area contributed by atoms with Crippen LogP contribution in [0.25, 0.3) is 0 Å². The smallest absolute Gasteiger partial charge is 0.238 e. The summed E-state index contributed by atoms with van der Waals surface area (Å²) in [7, 11) is 0. The summed E-state index contributed by atoms with van der Waals surface area (Å²) in [5.74, 6) is 0.0821. The van der Waals surface area contributed by atoms with E-state index in [0.29, 0.717) is 0 Å². The van der Waals surface area contributed by atoms with E-state index in [4.69, 9.17) is 0 Å². The highest BCUT2D eigenvalue weighted by molar-refractivity contribution is 8.15. The normalized spacial score (nSPS) is 47.2. The predicted octanol–water partition coefficient (Wildman–Crippen LogP) is 2.59. The first-order valence-electron chi connectivity index (χ1n) is 8.86. The second-order valence-corrected chi connectivity index (χ2v) is 9.68. The number of rotatable bonds is 0. The largest absolute Gasteiger partial charge is 0.364 e. The molecule has 0 saturated carbocycles. The molecule has 1 spiro atoms. The maximum atomic E-state index is 13.4. The highest BCUT2D eigenvalue weighted by atomic mass is 32.2. The Morgan fingerprint density at radius 3 is 2.71 bits per heavy atom. The van der Waals surface area contributed by atoms with E-state index in [9.17, 15) is 9.59 Å². The Labute approximate surface area is 145 Å². The molecule has 1 aromatic rings. The number of carbonyl (C=O) groups is 2. The lowest BCUT2D eigenvalue weighted by atomic mass is 9.60. The summed E-state index contributed by atoms with van der Waals surface area (Å²) in [5, 5.41) is 0.0941. The maximum absolute atomic E-state index is 13.4. The predicted molar refractivity (Wildman–Crippen MR) is 92.8 cm³/mol. The Hall–Kier alpha value is -1.49. The number of hydrogen-bond donors (Lipinski definition) is 0. The molecule has 6 aliphatic heterocycles. The van der Waals surface area contributed by atoms with Gasteiger partial charge in [-0.1, -0.05) is 36.9 Å². The quantitative estimate of drug-likeness (QED) is 0.681. The first kappa shape index (κ1) is 13.8. The van der Waals surface area contributed by atoms with Crippen molar-refractivity contribution in [1.29, 1.82) is 0 Å². The molecule has 0 aromatic heterocycles. The first-order valence-corrected chi connectivity index (χ1v) is 9.68. The fourth-order valence-electron chi connectivity index (χ4n) is 6.42. The fraction of sp³-hybridized carbons (Fsp3) is 0.579. The minimum absolute atomic E-state index is 0.00363. The average Bonchev–Trinajstić information content (AvgIpc) is 3.06. The summed E-state index contributed by atoms with van der Waals surface area (Å²) in [4.78, 5) is 30.9. The summed E-state index contributed by atoms with van der Waals surface area (Å²) in [6.07, 6.45) is 2.06. The lowest BCUT2D eigenvalue weighted by Crippen LogP contribution is -2.79. The van der Waals surface area contributed by atoms with Gasteiger partial charge < -0.3 is 9.80 Å². The second kappa shape index (κ2) is 3.69. The lowest BCUT2D eigenvalue weighted by molar-refractivity contribution is -0.161. The molecular formula is C19H20N2O2S. The van der Waals surface area contributed by atoms with Crippen LogP contribution < -0.4 is 4.90 Å². The Bertz CT molecular complexity index is 840. The van der Waals surface area contributed by atoms with E-state index >= 15 is 0 Å². The minimum atomic E-state index is -0.912. The van der Waals surface area contributed by atoms with Crippen LogP contribution in [0.2, 0.25) is 0 Å². The van der Waals surface area contributed by atoms with E-state index in [1.807, 2.05) is 13.0 Å². The van der Waals surface area contributed by atoms with Crippen LogP contribution >= 0.6 is 11.8 Å². The Balaban J connectivity index is 1.72. The summed E-state index contributed by atoms with van der Waals surface area (Å²) in [5.41, 5.74) is 1.58. The van der Waals surface area contributed by atoms with Crippen LogP contribution in [0, 0.1) is 10.8 Å². The number of anilines is 1. The van der Waals surface area contributed by atoms with Crippen molar-refractivity contribution < 1.29 is 9.59 Å². The van der Waals surface area contributed by atoms with Crippen molar-refractivity contribution in [3.63, 3.8) is 0 Å². The number of fused-ring (bicyclic) bond motifs is 3. The van der Waals surface area contributed by atoms with Crippen LogP contribution in [0.5, 0.6) is 0 Å². The molecule has 0 radical (unpaired) electrons. The average molecular weight is 340 g/mol. The van der Waals surface area contributed by atoms with E-state index in [1.165, 1.54) is 23.0 Å².